The molecule has 114 valence electrons. The molecule has 0 bridgehead atoms. The number of methoxy groups -OCH3 is 3. The van der Waals surface area contributed by atoms with E-state index >= 15 is 0 Å². The van der Waals surface area contributed by atoms with Crippen LogP contribution in [-0.4, -0.2) is 52.5 Å². The van der Waals surface area contributed by atoms with Gasteiger partial charge < -0.3 is 19.9 Å². The number of hydrogen-bond acceptors (Lipinski definition) is 5. The van der Waals surface area contributed by atoms with Crippen molar-refractivity contribution in [3.63, 3.8) is 0 Å². The van der Waals surface area contributed by atoms with E-state index in [0.29, 0.717) is 6.61 Å². The molecule has 0 aliphatic rings. The Morgan fingerprint density at radius 2 is 1.75 bits per heavy atom. The van der Waals surface area contributed by atoms with Gasteiger partial charge in [0, 0.05) is 52.2 Å². The number of benzene rings is 1. The summed E-state index contributed by atoms with van der Waals surface area (Å²) in [7, 11) is 5.10. The van der Waals surface area contributed by atoms with Gasteiger partial charge in [-0.15, -0.1) is 0 Å². The molecule has 0 aliphatic heterocycles. The molecule has 0 radical (unpaired) electrons. The van der Waals surface area contributed by atoms with Crippen LogP contribution in [0.4, 0.5) is 5.69 Å². The highest BCUT2D eigenvalue weighted by Gasteiger charge is 2.07. The topological polar surface area (TPSA) is 57.0 Å². The molecule has 5 heteroatoms. The number of ether oxygens (including phenoxy) is 3. The van der Waals surface area contributed by atoms with Gasteiger partial charge in [-0.3, -0.25) is 4.90 Å². The van der Waals surface area contributed by atoms with Crippen LogP contribution in [0.1, 0.15) is 12.0 Å². The average molecular weight is 282 g/mol. The van der Waals surface area contributed by atoms with E-state index in [0.717, 1.165) is 49.7 Å². The largest absolute Gasteiger partial charge is 0.497 e. The van der Waals surface area contributed by atoms with Crippen LogP contribution in [-0.2, 0) is 16.0 Å². The third-order valence-corrected chi connectivity index (χ3v) is 3.06. The first-order valence-corrected chi connectivity index (χ1v) is 6.83. The maximum atomic E-state index is 5.89. The standard InChI is InChI=1S/C15H26N2O3/c1-18-7-4-5-17(6-8-19-2)12-13-9-14(16)11-15(10-13)20-3/h9-11H,4-8,12,16H2,1-3H3. The minimum atomic E-state index is 0.715. The van der Waals surface area contributed by atoms with Gasteiger partial charge in [0.25, 0.3) is 0 Å². The van der Waals surface area contributed by atoms with Gasteiger partial charge in [-0.05, 0) is 24.1 Å². The summed E-state index contributed by atoms with van der Waals surface area (Å²) in [6.45, 7) is 4.16. The maximum Gasteiger partial charge on any atom is 0.121 e. The molecule has 0 atom stereocenters. The quantitative estimate of drug-likeness (QED) is 0.523. The second-order valence-electron chi connectivity index (χ2n) is 4.73. The Hall–Kier alpha value is -1.30. The fourth-order valence-electron chi connectivity index (χ4n) is 2.08. The lowest BCUT2D eigenvalue weighted by molar-refractivity contribution is 0.129. The second kappa shape index (κ2) is 9.58. The lowest BCUT2D eigenvalue weighted by atomic mass is 10.1. The lowest BCUT2D eigenvalue weighted by Crippen LogP contribution is -2.28. The molecule has 1 aromatic rings. The smallest absolute Gasteiger partial charge is 0.121 e. The van der Waals surface area contributed by atoms with E-state index in [4.69, 9.17) is 19.9 Å². The molecule has 0 saturated heterocycles. The zero-order chi connectivity index (χ0) is 14.8. The Bertz CT molecular complexity index is 385. The predicted octanol–water partition coefficient (Wildman–Crippen LogP) is 1.76. The fraction of sp³-hybridized carbons (Fsp3) is 0.600. The molecule has 0 heterocycles. The number of nitrogens with two attached hydrogens (primary N) is 1. The van der Waals surface area contributed by atoms with Gasteiger partial charge in [0.15, 0.2) is 0 Å². The molecule has 0 unspecified atom stereocenters. The Morgan fingerprint density at radius 1 is 1.00 bits per heavy atom. The van der Waals surface area contributed by atoms with E-state index in [-0.39, 0.29) is 0 Å². The molecule has 0 aliphatic carbocycles. The van der Waals surface area contributed by atoms with Crippen LogP contribution in [0.25, 0.3) is 0 Å². The van der Waals surface area contributed by atoms with Gasteiger partial charge in [0.2, 0.25) is 0 Å². The van der Waals surface area contributed by atoms with Crippen LogP contribution >= 0.6 is 0 Å². The summed E-state index contributed by atoms with van der Waals surface area (Å²) in [5.41, 5.74) is 7.76. The second-order valence-corrected chi connectivity index (χ2v) is 4.73. The van der Waals surface area contributed by atoms with Gasteiger partial charge in [0.05, 0.1) is 13.7 Å². The van der Waals surface area contributed by atoms with Crippen LogP contribution in [0.3, 0.4) is 0 Å². The Morgan fingerprint density at radius 3 is 2.40 bits per heavy atom. The van der Waals surface area contributed by atoms with Crippen molar-refractivity contribution in [1.29, 1.82) is 0 Å². The van der Waals surface area contributed by atoms with Gasteiger partial charge in [0.1, 0.15) is 5.75 Å². The van der Waals surface area contributed by atoms with E-state index in [1.54, 1.807) is 21.3 Å². The average Bonchev–Trinajstić information content (AvgIpc) is 2.44. The summed E-state index contributed by atoms with van der Waals surface area (Å²) in [6.07, 6.45) is 1.000. The number of anilines is 1. The van der Waals surface area contributed by atoms with Crippen LogP contribution in [0.5, 0.6) is 5.75 Å². The molecule has 1 rings (SSSR count). The van der Waals surface area contributed by atoms with Crippen molar-refractivity contribution in [1.82, 2.24) is 4.90 Å². The van der Waals surface area contributed by atoms with Crippen molar-refractivity contribution in [2.24, 2.45) is 0 Å². The molecule has 0 amide bonds. The minimum Gasteiger partial charge on any atom is -0.497 e. The molecule has 0 aromatic heterocycles. The predicted molar refractivity (Wildman–Crippen MR) is 81.1 cm³/mol. The first kappa shape index (κ1) is 16.8. The summed E-state index contributed by atoms with van der Waals surface area (Å²) >= 11 is 0. The molecule has 0 fully saturated rings. The third-order valence-electron chi connectivity index (χ3n) is 3.06. The zero-order valence-electron chi connectivity index (χ0n) is 12.7. The number of rotatable bonds is 10. The molecule has 2 N–H and O–H groups in total. The third kappa shape index (κ3) is 6.23. The first-order chi connectivity index (χ1) is 9.69. The Labute approximate surface area is 121 Å². The molecule has 5 nitrogen and oxygen atoms in total. The van der Waals surface area contributed by atoms with Gasteiger partial charge >= 0.3 is 0 Å². The van der Waals surface area contributed by atoms with Crippen LogP contribution in [0.15, 0.2) is 18.2 Å². The molecule has 20 heavy (non-hydrogen) atoms. The summed E-state index contributed by atoms with van der Waals surface area (Å²) in [6, 6.07) is 5.83. The van der Waals surface area contributed by atoms with E-state index in [9.17, 15) is 0 Å². The van der Waals surface area contributed by atoms with Crippen molar-refractivity contribution in [3.05, 3.63) is 23.8 Å². The minimum absolute atomic E-state index is 0.715. The molecular formula is C15H26N2O3. The number of nitrogens with zero attached hydrogens (tertiary/aromatic N) is 1. The highest BCUT2D eigenvalue weighted by Crippen LogP contribution is 2.19. The van der Waals surface area contributed by atoms with E-state index in [1.165, 1.54) is 0 Å². The molecule has 0 saturated carbocycles. The van der Waals surface area contributed by atoms with Gasteiger partial charge in [-0.25, -0.2) is 0 Å². The normalized spacial score (nSPS) is 11.0. The number of hydrogen-bond donors (Lipinski definition) is 1. The summed E-state index contributed by atoms with van der Waals surface area (Å²) in [5, 5.41) is 0. The fourth-order valence-corrected chi connectivity index (χ4v) is 2.08. The van der Waals surface area contributed by atoms with E-state index < -0.39 is 0 Å². The van der Waals surface area contributed by atoms with Crippen LogP contribution in [0.2, 0.25) is 0 Å². The van der Waals surface area contributed by atoms with E-state index in [2.05, 4.69) is 4.90 Å². The summed E-state index contributed by atoms with van der Waals surface area (Å²) < 4.78 is 15.5. The van der Waals surface area contributed by atoms with Crippen LogP contribution in [0, 0.1) is 0 Å². The van der Waals surface area contributed by atoms with Crippen molar-refractivity contribution < 1.29 is 14.2 Å². The van der Waals surface area contributed by atoms with Gasteiger partial charge in [-0.1, -0.05) is 0 Å². The first-order valence-electron chi connectivity index (χ1n) is 6.83. The summed E-state index contributed by atoms with van der Waals surface area (Å²) in [5.74, 6) is 0.795. The zero-order valence-corrected chi connectivity index (χ0v) is 12.7. The monoisotopic (exact) mass is 282 g/mol. The molecular weight excluding hydrogens is 256 g/mol. The molecule has 1 aromatic carbocycles. The SMILES string of the molecule is COCCCN(CCOC)Cc1cc(N)cc(OC)c1. The number of nitrogen functional groups attached to an aromatic ring is 1. The summed E-state index contributed by atoms with van der Waals surface area (Å²) in [4.78, 5) is 2.33. The van der Waals surface area contributed by atoms with Crippen molar-refractivity contribution in [2.75, 3.05) is 53.4 Å². The lowest BCUT2D eigenvalue weighted by Gasteiger charge is -2.22. The van der Waals surface area contributed by atoms with Crippen LogP contribution < -0.4 is 10.5 Å². The van der Waals surface area contributed by atoms with Crippen molar-refractivity contribution >= 4 is 5.69 Å². The van der Waals surface area contributed by atoms with E-state index in [1.807, 2.05) is 18.2 Å². The maximum absolute atomic E-state index is 5.89. The highest BCUT2D eigenvalue weighted by molar-refractivity contribution is 5.47. The van der Waals surface area contributed by atoms with Crippen molar-refractivity contribution in [3.8, 4) is 5.75 Å². The van der Waals surface area contributed by atoms with Crippen molar-refractivity contribution in [2.45, 2.75) is 13.0 Å². The Kier molecular flexibility index (Phi) is 8.02. The highest BCUT2D eigenvalue weighted by atomic mass is 16.5. The Balaban J connectivity index is 2.64. The van der Waals surface area contributed by atoms with Gasteiger partial charge in [-0.2, -0.15) is 0 Å². The molecule has 0 spiro atoms.